The van der Waals surface area contributed by atoms with Crippen molar-refractivity contribution in [3.05, 3.63) is 83.4 Å². The van der Waals surface area contributed by atoms with E-state index in [4.69, 9.17) is 9.47 Å². The second-order valence-corrected chi connectivity index (χ2v) is 8.68. The lowest BCUT2D eigenvalue weighted by molar-refractivity contribution is 0.237. The van der Waals surface area contributed by atoms with Crippen molar-refractivity contribution in [2.24, 2.45) is 0 Å². The van der Waals surface area contributed by atoms with E-state index in [-0.39, 0.29) is 23.3 Å². The first kappa shape index (κ1) is 20.7. The minimum atomic E-state index is 0.0223. The van der Waals surface area contributed by atoms with Crippen LogP contribution in [0.5, 0.6) is 23.0 Å². The fourth-order valence-electron chi connectivity index (χ4n) is 4.90. The predicted molar refractivity (Wildman–Crippen MR) is 124 cm³/mol. The number of ether oxygens (including phenoxy) is 2. The van der Waals surface area contributed by atoms with Crippen molar-refractivity contribution in [2.75, 3.05) is 32.8 Å². The molecule has 166 valence electrons. The lowest BCUT2D eigenvalue weighted by Gasteiger charge is -2.34. The summed E-state index contributed by atoms with van der Waals surface area (Å²) in [7, 11) is 0. The first-order chi connectivity index (χ1) is 15.7. The first-order valence-electron chi connectivity index (χ1n) is 11.4. The number of fused-ring (bicyclic) bond motifs is 1. The van der Waals surface area contributed by atoms with E-state index >= 15 is 0 Å². The number of phenols is 2. The Morgan fingerprint density at radius 3 is 2.28 bits per heavy atom. The Morgan fingerprint density at radius 1 is 0.844 bits per heavy atom. The van der Waals surface area contributed by atoms with E-state index < -0.39 is 0 Å². The lowest BCUT2D eigenvalue weighted by Crippen LogP contribution is -2.25. The van der Waals surface area contributed by atoms with Gasteiger partial charge in [-0.1, -0.05) is 24.3 Å². The number of phenolic OH excluding ortho intramolecular Hbond substituents is 2. The Balaban J connectivity index is 1.40. The molecule has 2 atom stereocenters. The van der Waals surface area contributed by atoms with Gasteiger partial charge in [-0.15, -0.1) is 0 Å². The normalized spacial score (nSPS) is 20.5. The van der Waals surface area contributed by atoms with Crippen molar-refractivity contribution in [2.45, 2.75) is 24.7 Å². The van der Waals surface area contributed by atoms with E-state index in [1.165, 1.54) is 25.9 Å². The van der Waals surface area contributed by atoms with Gasteiger partial charge in [-0.2, -0.15) is 0 Å². The van der Waals surface area contributed by atoms with Crippen LogP contribution >= 0.6 is 0 Å². The molecule has 0 aliphatic carbocycles. The van der Waals surface area contributed by atoms with Gasteiger partial charge in [-0.3, -0.25) is 4.90 Å². The monoisotopic (exact) mass is 431 g/mol. The van der Waals surface area contributed by atoms with Crippen LogP contribution in [-0.2, 0) is 0 Å². The average Bonchev–Trinajstić information content (AvgIpc) is 3.33. The van der Waals surface area contributed by atoms with Gasteiger partial charge >= 0.3 is 0 Å². The molecule has 2 aliphatic heterocycles. The van der Waals surface area contributed by atoms with Crippen LogP contribution in [0.15, 0.2) is 66.7 Å². The van der Waals surface area contributed by atoms with Crippen LogP contribution in [0.25, 0.3) is 0 Å². The number of hydrogen-bond acceptors (Lipinski definition) is 5. The summed E-state index contributed by atoms with van der Waals surface area (Å²) in [5.41, 5.74) is 3.20. The van der Waals surface area contributed by atoms with E-state index in [0.29, 0.717) is 13.2 Å². The topological polar surface area (TPSA) is 62.2 Å². The molecule has 1 fully saturated rings. The molecule has 2 N–H and O–H groups in total. The standard InChI is InChI=1S/C27H29NO4/c29-21-7-3-19(4-8-21)25-18-32-26-12-9-22(30)17-24(26)27(25)20-5-10-23(11-6-20)31-16-15-28-13-1-2-14-28/h3-12,17,25,27,29-30H,1-2,13-16,18H2/t25-,27-/m0/s1. The van der Waals surface area contributed by atoms with Crippen molar-refractivity contribution in [3.63, 3.8) is 0 Å². The Kier molecular flexibility index (Phi) is 5.91. The maximum Gasteiger partial charge on any atom is 0.123 e. The largest absolute Gasteiger partial charge is 0.508 e. The number of benzene rings is 3. The predicted octanol–water partition coefficient (Wildman–Crippen LogP) is 4.88. The molecule has 2 heterocycles. The van der Waals surface area contributed by atoms with E-state index in [2.05, 4.69) is 17.0 Å². The molecule has 3 aromatic carbocycles. The highest BCUT2D eigenvalue weighted by molar-refractivity contribution is 5.51. The number of rotatable bonds is 6. The molecule has 5 rings (SSSR count). The average molecular weight is 432 g/mol. The Hall–Kier alpha value is -3.18. The third-order valence-corrected chi connectivity index (χ3v) is 6.58. The maximum absolute atomic E-state index is 10.2. The molecule has 5 heteroatoms. The van der Waals surface area contributed by atoms with Gasteiger partial charge < -0.3 is 19.7 Å². The first-order valence-corrected chi connectivity index (χ1v) is 11.4. The van der Waals surface area contributed by atoms with Gasteiger partial charge in [0.1, 0.15) is 29.6 Å². The maximum atomic E-state index is 10.2. The van der Waals surface area contributed by atoms with Crippen molar-refractivity contribution in [1.82, 2.24) is 4.90 Å². The van der Waals surface area contributed by atoms with Gasteiger partial charge in [0.15, 0.2) is 0 Å². The Bertz CT molecular complexity index is 1040. The van der Waals surface area contributed by atoms with Gasteiger partial charge in [-0.25, -0.2) is 0 Å². The summed E-state index contributed by atoms with van der Waals surface area (Å²) in [4.78, 5) is 2.45. The molecular formula is C27H29NO4. The molecule has 0 bridgehead atoms. The van der Waals surface area contributed by atoms with E-state index in [0.717, 1.165) is 34.7 Å². The summed E-state index contributed by atoms with van der Waals surface area (Å²) < 4.78 is 12.0. The SMILES string of the molecule is Oc1ccc([C@@H]2COc3ccc(O)cc3[C@@H]2c2ccc(OCCN3CCCC3)cc2)cc1. The van der Waals surface area contributed by atoms with Crippen molar-refractivity contribution in [3.8, 4) is 23.0 Å². The van der Waals surface area contributed by atoms with Crippen LogP contribution < -0.4 is 9.47 Å². The Labute approximate surface area is 188 Å². The van der Waals surface area contributed by atoms with E-state index in [1.54, 1.807) is 24.3 Å². The molecule has 2 aliphatic rings. The van der Waals surface area contributed by atoms with Crippen molar-refractivity contribution in [1.29, 1.82) is 0 Å². The second kappa shape index (κ2) is 9.13. The molecule has 0 spiro atoms. The third-order valence-electron chi connectivity index (χ3n) is 6.58. The van der Waals surface area contributed by atoms with E-state index in [1.807, 2.05) is 30.3 Å². The molecular weight excluding hydrogens is 402 g/mol. The molecule has 5 nitrogen and oxygen atoms in total. The summed E-state index contributed by atoms with van der Waals surface area (Å²) in [5.74, 6) is 2.23. The fraction of sp³-hybridized carbons (Fsp3) is 0.333. The van der Waals surface area contributed by atoms with Crippen LogP contribution in [0.3, 0.4) is 0 Å². The van der Waals surface area contributed by atoms with Gasteiger partial charge in [0, 0.05) is 23.9 Å². The minimum absolute atomic E-state index is 0.0223. The number of likely N-dealkylation sites (tertiary alicyclic amines) is 1. The summed E-state index contributed by atoms with van der Waals surface area (Å²) in [6.07, 6.45) is 2.58. The third kappa shape index (κ3) is 4.39. The highest BCUT2D eigenvalue weighted by Crippen LogP contribution is 2.47. The summed E-state index contributed by atoms with van der Waals surface area (Å²) in [6.45, 7) is 4.55. The molecule has 0 amide bonds. The zero-order valence-corrected chi connectivity index (χ0v) is 18.1. The molecule has 0 unspecified atom stereocenters. The van der Waals surface area contributed by atoms with Crippen LogP contribution in [0.1, 0.15) is 41.4 Å². The highest BCUT2D eigenvalue weighted by Gasteiger charge is 2.33. The number of hydrogen-bond donors (Lipinski definition) is 2. The molecule has 1 saturated heterocycles. The smallest absolute Gasteiger partial charge is 0.123 e. The highest BCUT2D eigenvalue weighted by atomic mass is 16.5. The van der Waals surface area contributed by atoms with Crippen LogP contribution in [0, 0.1) is 0 Å². The van der Waals surface area contributed by atoms with Crippen LogP contribution in [0.4, 0.5) is 0 Å². The van der Waals surface area contributed by atoms with Gasteiger partial charge in [0.2, 0.25) is 0 Å². The quantitative estimate of drug-likeness (QED) is 0.582. The number of aromatic hydroxyl groups is 2. The van der Waals surface area contributed by atoms with Gasteiger partial charge in [0.05, 0.1) is 6.61 Å². The molecule has 0 saturated carbocycles. The fourth-order valence-corrected chi connectivity index (χ4v) is 4.90. The van der Waals surface area contributed by atoms with E-state index in [9.17, 15) is 10.2 Å². The van der Waals surface area contributed by atoms with Crippen molar-refractivity contribution >= 4 is 0 Å². The molecule has 0 aromatic heterocycles. The van der Waals surface area contributed by atoms with Crippen LogP contribution in [0.2, 0.25) is 0 Å². The van der Waals surface area contributed by atoms with Gasteiger partial charge in [0.25, 0.3) is 0 Å². The minimum Gasteiger partial charge on any atom is -0.508 e. The Morgan fingerprint density at radius 2 is 1.53 bits per heavy atom. The summed E-state index contributed by atoms with van der Waals surface area (Å²) in [6, 6.07) is 20.9. The second-order valence-electron chi connectivity index (χ2n) is 8.68. The van der Waals surface area contributed by atoms with Gasteiger partial charge in [-0.05, 0) is 79.5 Å². The molecule has 0 radical (unpaired) electrons. The summed E-state index contributed by atoms with van der Waals surface area (Å²) >= 11 is 0. The van der Waals surface area contributed by atoms with Crippen molar-refractivity contribution < 1.29 is 19.7 Å². The lowest BCUT2D eigenvalue weighted by atomic mass is 9.76. The van der Waals surface area contributed by atoms with Crippen LogP contribution in [-0.4, -0.2) is 48.0 Å². The molecule has 3 aromatic rings. The zero-order chi connectivity index (χ0) is 21.9. The summed E-state index contributed by atoms with van der Waals surface area (Å²) in [5, 5.41) is 19.9. The number of nitrogens with zero attached hydrogens (tertiary/aromatic N) is 1. The molecule has 32 heavy (non-hydrogen) atoms. The zero-order valence-electron chi connectivity index (χ0n) is 18.1.